The summed E-state index contributed by atoms with van der Waals surface area (Å²) in [5.74, 6) is 0.565. The fraction of sp³-hybridized carbons (Fsp3) is 0.172. The van der Waals surface area contributed by atoms with Crippen molar-refractivity contribution in [3.05, 3.63) is 119 Å². The number of benzene rings is 3. The van der Waals surface area contributed by atoms with Crippen molar-refractivity contribution in [2.45, 2.75) is 19.6 Å². The van der Waals surface area contributed by atoms with E-state index in [4.69, 9.17) is 4.74 Å². The Morgan fingerprint density at radius 3 is 2.54 bits per heavy atom. The molecule has 2 aliphatic heterocycles. The first-order valence-electron chi connectivity index (χ1n) is 11.6. The smallest absolute Gasteiger partial charge is 0.322 e. The highest BCUT2D eigenvalue weighted by atomic mass is 16.5. The van der Waals surface area contributed by atoms with Gasteiger partial charge in [-0.2, -0.15) is 0 Å². The van der Waals surface area contributed by atoms with Gasteiger partial charge in [-0.25, -0.2) is 4.79 Å². The van der Waals surface area contributed by atoms with Crippen molar-refractivity contribution >= 4 is 17.6 Å². The maximum absolute atomic E-state index is 13.7. The van der Waals surface area contributed by atoms with Gasteiger partial charge in [-0.3, -0.25) is 9.69 Å². The van der Waals surface area contributed by atoms with Gasteiger partial charge in [-0.05, 0) is 42.3 Å². The van der Waals surface area contributed by atoms with Crippen molar-refractivity contribution in [2.24, 2.45) is 0 Å². The average molecular weight is 466 g/mol. The summed E-state index contributed by atoms with van der Waals surface area (Å²) in [5.41, 5.74) is 5.07. The summed E-state index contributed by atoms with van der Waals surface area (Å²) in [4.78, 5) is 30.1. The lowest BCUT2D eigenvalue weighted by Gasteiger charge is -2.33. The van der Waals surface area contributed by atoms with E-state index in [0.717, 1.165) is 22.4 Å². The molecule has 35 heavy (non-hydrogen) atoms. The number of urea groups is 1. The minimum atomic E-state index is -0.568. The van der Waals surface area contributed by atoms with Crippen LogP contribution >= 0.6 is 0 Å². The van der Waals surface area contributed by atoms with E-state index in [9.17, 15) is 9.59 Å². The zero-order chi connectivity index (χ0) is 24.4. The van der Waals surface area contributed by atoms with Crippen LogP contribution in [0.15, 0.2) is 103 Å². The quantitative estimate of drug-likeness (QED) is 0.492. The Morgan fingerprint density at radius 1 is 1.03 bits per heavy atom. The number of carbonyl (C=O) groups excluding carboxylic acids is 2. The second-order valence-electron chi connectivity index (χ2n) is 8.72. The van der Waals surface area contributed by atoms with Crippen LogP contribution in [-0.2, 0) is 11.4 Å². The maximum atomic E-state index is 13.7. The van der Waals surface area contributed by atoms with E-state index >= 15 is 0 Å². The van der Waals surface area contributed by atoms with Gasteiger partial charge in [0.05, 0.1) is 23.9 Å². The van der Waals surface area contributed by atoms with Gasteiger partial charge in [0.2, 0.25) is 0 Å². The number of rotatable bonds is 7. The number of nitrogens with zero attached hydrogens (tertiary/aromatic N) is 2. The summed E-state index contributed by atoms with van der Waals surface area (Å²) >= 11 is 0. The monoisotopic (exact) mass is 465 g/mol. The molecule has 0 aromatic heterocycles. The fourth-order valence-corrected chi connectivity index (χ4v) is 4.52. The highest BCUT2D eigenvalue weighted by molar-refractivity contribution is 6.11. The summed E-state index contributed by atoms with van der Waals surface area (Å²) < 4.78 is 6.00. The fourth-order valence-electron chi connectivity index (χ4n) is 4.52. The predicted octanol–water partition coefficient (Wildman–Crippen LogP) is 5.13. The number of nitrogens with one attached hydrogen (secondary N) is 1. The van der Waals surface area contributed by atoms with Gasteiger partial charge in [0.25, 0.3) is 5.91 Å². The summed E-state index contributed by atoms with van der Waals surface area (Å²) in [6, 6.07) is 24.5. The lowest BCUT2D eigenvalue weighted by atomic mass is 9.95. The third-order valence-corrected chi connectivity index (χ3v) is 6.32. The Kier molecular flexibility index (Phi) is 6.10. The van der Waals surface area contributed by atoms with Crippen LogP contribution in [0, 0.1) is 6.92 Å². The molecule has 3 aromatic rings. The summed E-state index contributed by atoms with van der Waals surface area (Å²) in [5, 5.41) is 3.03. The van der Waals surface area contributed by atoms with Gasteiger partial charge in [0, 0.05) is 12.2 Å². The van der Waals surface area contributed by atoms with Crippen LogP contribution in [0.1, 0.15) is 22.7 Å². The lowest BCUT2D eigenvalue weighted by molar-refractivity contribution is -0.114. The first-order chi connectivity index (χ1) is 17.0. The molecule has 6 heteroatoms. The van der Waals surface area contributed by atoms with Crippen molar-refractivity contribution in [1.29, 1.82) is 0 Å². The molecule has 3 aromatic carbocycles. The number of carbonyl (C=O) groups is 2. The van der Waals surface area contributed by atoms with E-state index in [-0.39, 0.29) is 11.9 Å². The summed E-state index contributed by atoms with van der Waals surface area (Å²) in [6.45, 7) is 6.89. The Balaban J connectivity index is 1.47. The minimum Gasteiger partial charge on any atom is -0.489 e. The molecule has 176 valence electrons. The van der Waals surface area contributed by atoms with Crippen LogP contribution in [0.4, 0.5) is 10.5 Å². The van der Waals surface area contributed by atoms with Crippen LogP contribution in [0.3, 0.4) is 0 Å². The molecule has 0 spiro atoms. The van der Waals surface area contributed by atoms with E-state index in [1.807, 2.05) is 85.8 Å². The largest absolute Gasteiger partial charge is 0.489 e. The highest BCUT2D eigenvalue weighted by Gasteiger charge is 2.44. The molecule has 2 aliphatic rings. The number of ether oxygens (including phenoxy) is 1. The van der Waals surface area contributed by atoms with E-state index in [0.29, 0.717) is 36.7 Å². The van der Waals surface area contributed by atoms with E-state index in [1.165, 1.54) is 0 Å². The second kappa shape index (κ2) is 9.50. The zero-order valence-corrected chi connectivity index (χ0v) is 19.6. The molecular formula is C29H27N3O3. The van der Waals surface area contributed by atoms with Gasteiger partial charge in [-0.15, -0.1) is 6.58 Å². The van der Waals surface area contributed by atoms with E-state index in [1.54, 1.807) is 15.9 Å². The topological polar surface area (TPSA) is 61.9 Å². The van der Waals surface area contributed by atoms with Crippen molar-refractivity contribution in [1.82, 2.24) is 10.2 Å². The molecule has 6 nitrogen and oxygen atoms in total. The molecule has 1 atom stereocenters. The Bertz CT molecular complexity index is 1300. The Morgan fingerprint density at radius 2 is 1.80 bits per heavy atom. The van der Waals surface area contributed by atoms with Gasteiger partial charge in [0.1, 0.15) is 12.4 Å². The Labute approximate surface area is 205 Å². The third-order valence-electron chi connectivity index (χ3n) is 6.32. The molecule has 0 saturated carbocycles. The average Bonchev–Trinajstić information content (AvgIpc) is 3.22. The SMILES string of the molecule is C=CCN1C(=O)N[C@H](c2cccc(OCc3ccccc3)c2)C2=C1CN(c1ccc(C)cc1)C2=O. The molecule has 0 fully saturated rings. The highest BCUT2D eigenvalue weighted by Crippen LogP contribution is 2.38. The Hall–Kier alpha value is -4.32. The number of aryl methyl sites for hydroxylation is 1. The molecule has 0 unspecified atom stereocenters. The van der Waals surface area contributed by atoms with Crippen molar-refractivity contribution in [2.75, 3.05) is 18.0 Å². The molecule has 1 N–H and O–H groups in total. The molecule has 5 rings (SSSR count). The molecule has 0 saturated heterocycles. The van der Waals surface area contributed by atoms with Gasteiger partial charge >= 0.3 is 6.03 Å². The molecule has 0 bridgehead atoms. The van der Waals surface area contributed by atoms with Crippen molar-refractivity contribution < 1.29 is 14.3 Å². The third kappa shape index (κ3) is 4.43. The zero-order valence-electron chi connectivity index (χ0n) is 19.6. The second-order valence-corrected chi connectivity index (χ2v) is 8.72. The maximum Gasteiger partial charge on any atom is 0.322 e. The van der Waals surface area contributed by atoms with Crippen LogP contribution < -0.4 is 15.0 Å². The van der Waals surface area contributed by atoms with Gasteiger partial charge in [0.15, 0.2) is 0 Å². The van der Waals surface area contributed by atoms with Crippen LogP contribution in [0.25, 0.3) is 0 Å². The van der Waals surface area contributed by atoms with E-state index in [2.05, 4.69) is 11.9 Å². The normalized spacial score (nSPS) is 17.3. The molecule has 0 radical (unpaired) electrons. The van der Waals surface area contributed by atoms with Crippen LogP contribution in [0.2, 0.25) is 0 Å². The first-order valence-corrected chi connectivity index (χ1v) is 11.6. The van der Waals surface area contributed by atoms with Gasteiger partial charge < -0.3 is 15.0 Å². The first kappa shape index (κ1) is 22.5. The summed E-state index contributed by atoms with van der Waals surface area (Å²) in [7, 11) is 0. The number of hydrogen-bond acceptors (Lipinski definition) is 3. The molecule has 0 aliphatic carbocycles. The van der Waals surface area contributed by atoms with Gasteiger partial charge in [-0.1, -0.05) is 66.2 Å². The molecule has 3 amide bonds. The molecular weight excluding hydrogens is 438 g/mol. The van der Waals surface area contributed by atoms with E-state index < -0.39 is 6.04 Å². The number of hydrogen-bond donors (Lipinski definition) is 1. The standard InChI is InChI=1S/C29H27N3O3/c1-3-16-31-25-18-32(23-14-12-20(2)13-15-23)28(33)26(25)27(30-29(31)34)22-10-7-11-24(17-22)35-19-21-8-5-4-6-9-21/h3-15,17,27H,1,16,18-19H2,2H3,(H,30,34)/t27-/m1/s1. The van der Waals surface area contributed by atoms with Crippen LogP contribution in [0.5, 0.6) is 5.75 Å². The number of anilines is 1. The molecule has 2 heterocycles. The minimum absolute atomic E-state index is 0.112. The van der Waals surface area contributed by atoms with Crippen molar-refractivity contribution in [3.63, 3.8) is 0 Å². The van der Waals surface area contributed by atoms with Crippen LogP contribution in [-0.4, -0.2) is 29.9 Å². The van der Waals surface area contributed by atoms with Crippen molar-refractivity contribution in [3.8, 4) is 5.75 Å². The summed E-state index contributed by atoms with van der Waals surface area (Å²) in [6.07, 6.45) is 1.67. The lowest BCUT2D eigenvalue weighted by Crippen LogP contribution is -2.47. The number of amides is 3. The predicted molar refractivity (Wildman–Crippen MR) is 136 cm³/mol.